The maximum atomic E-state index is 12.4. The molecule has 0 spiro atoms. The van der Waals surface area contributed by atoms with E-state index in [1.54, 1.807) is 18.5 Å². The van der Waals surface area contributed by atoms with Crippen LogP contribution in [0.3, 0.4) is 0 Å². The number of halogens is 1. The third kappa shape index (κ3) is 3.62. The van der Waals surface area contributed by atoms with Gasteiger partial charge in [0, 0.05) is 35.6 Å². The number of carbonyl (C=O) groups is 1. The van der Waals surface area contributed by atoms with Gasteiger partial charge in [-0.3, -0.25) is 4.79 Å². The Morgan fingerprint density at radius 1 is 1.23 bits per heavy atom. The number of rotatable bonds is 3. The van der Waals surface area contributed by atoms with Gasteiger partial charge >= 0.3 is 0 Å². The second-order valence-corrected chi connectivity index (χ2v) is 6.25. The van der Waals surface area contributed by atoms with Crippen molar-refractivity contribution in [2.24, 2.45) is 5.92 Å². The third-order valence-corrected chi connectivity index (χ3v) is 4.27. The van der Waals surface area contributed by atoms with Crippen LogP contribution in [-0.2, 0) is 4.79 Å². The zero-order valence-corrected chi connectivity index (χ0v) is 13.7. The van der Waals surface area contributed by atoms with Gasteiger partial charge in [-0.2, -0.15) is 0 Å². The number of carbonyl (C=O) groups excluding carboxylic acids is 1. The predicted molar refractivity (Wildman–Crippen MR) is 89.7 cm³/mol. The van der Waals surface area contributed by atoms with E-state index in [1.165, 1.54) is 0 Å². The molecule has 1 aliphatic heterocycles. The molecule has 0 aliphatic carbocycles. The number of piperidine rings is 1. The first-order chi connectivity index (χ1) is 10.7. The van der Waals surface area contributed by atoms with Crippen LogP contribution in [0.2, 0.25) is 0 Å². The lowest BCUT2D eigenvalue weighted by atomic mass is 9.97. The van der Waals surface area contributed by atoms with Gasteiger partial charge in [0.15, 0.2) is 0 Å². The molecule has 1 amide bonds. The fraction of sp³-hybridized carbons (Fsp3) is 0.312. The number of nitrogens with zero attached hydrogens (tertiary/aromatic N) is 3. The summed E-state index contributed by atoms with van der Waals surface area (Å²) in [5.41, 5.74) is 0.821. The summed E-state index contributed by atoms with van der Waals surface area (Å²) in [5, 5.41) is 2.98. The van der Waals surface area contributed by atoms with Crippen LogP contribution >= 0.6 is 15.9 Å². The molecule has 2 heterocycles. The van der Waals surface area contributed by atoms with E-state index >= 15 is 0 Å². The molecule has 0 saturated carbocycles. The Balaban J connectivity index is 1.64. The molecule has 1 aromatic carbocycles. The summed E-state index contributed by atoms with van der Waals surface area (Å²) in [6, 6.07) is 9.41. The van der Waals surface area contributed by atoms with Crippen molar-refractivity contribution in [3.05, 3.63) is 47.2 Å². The molecule has 0 unspecified atom stereocenters. The first-order valence-corrected chi connectivity index (χ1v) is 8.10. The average Bonchev–Trinajstić information content (AvgIpc) is 2.58. The molecular formula is C16H17BrN4O. The standard InChI is InChI=1S/C16H17BrN4O/c17-13-4-6-14(7-5-13)20-15(22)12-3-1-10-21(11-12)16-18-8-2-9-19-16/h2,4-9,12H,1,3,10-11H2,(H,20,22)/t12-/m1/s1. The topological polar surface area (TPSA) is 58.1 Å². The van der Waals surface area contributed by atoms with Gasteiger partial charge in [0.2, 0.25) is 11.9 Å². The van der Waals surface area contributed by atoms with Crippen molar-refractivity contribution in [2.75, 3.05) is 23.3 Å². The van der Waals surface area contributed by atoms with Crippen molar-refractivity contribution in [1.82, 2.24) is 9.97 Å². The second kappa shape index (κ2) is 6.87. The van der Waals surface area contributed by atoms with Gasteiger partial charge in [0.05, 0.1) is 5.92 Å². The van der Waals surface area contributed by atoms with Gasteiger partial charge < -0.3 is 10.2 Å². The van der Waals surface area contributed by atoms with Crippen molar-refractivity contribution in [1.29, 1.82) is 0 Å². The van der Waals surface area contributed by atoms with Crippen LogP contribution < -0.4 is 10.2 Å². The summed E-state index contributed by atoms with van der Waals surface area (Å²) >= 11 is 3.39. The number of anilines is 2. The Morgan fingerprint density at radius 2 is 1.95 bits per heavy atom. The monoisotopic (exact) mass is 360 g/mol. The van der Waals surface area contributed by atoms with Crippen molar-refractivity contribution in [3.63, 3.8) is 0 Å². The highest BCUT2D eigenvalue weighted by Crippen LogP contribution is 2.22. The van der Waals surface area contributed by atoms with Crippen LogP contribution in [0.1, 0.15) is 12.8 Å². The summed E-state index contributed by atoms with van der Waals surface area (Å²) in [5.74, 6) is 0.716. The molecule has 1 aliphatic rings. The molecule has 3 rings (SSSR count). The average molecular weight is 361 g/mol. The van der Waals surface area contributed by atoms with E-state index in [0.717, 1.165) is 29.5 Å². The van der Waals surface area contributed by atoms with Crippen LogP contribution in [0.4, 0.5) is 11.6 Å². The molecule has 0 radical (unpaired) electrons. The molecule has 1 aromatic heterocycles. The van der Waals surface area contributed by atoms with Gasteiger partial charge in [0.25, 0.3) is 0 Å². The molecule has 2 aromatic rings. The van der Waals surface area contributed by atoms with Crippen LogP contribution in [0.25, 0.3) is 0 Å². The zero-order chi connectivity index (χ0) is 15.4. The lowest BCUT2D eigenvalue weighted by molar-refractivity contribution is -0.120. The van der Waals surface area contributed by atoms with Crippen LogP contribution in [0.15, 0.2) is 47.2 Å². The highest BCUT2D eigenvalue weighted by molar-refractivity contribution is 9.10. The number of aromatic nitrogens is 2. The van der Waals surface area contributed by atoms with Crippen molar-refractivity contribution < 1.29 is 4.79 Å². The lowest BCUT2D eigenvalue weighted by Crippen LogP contribution is -2.41. The van der Waals surface area contributed by atoms with E-state index < -0.39 is 0 Å². The Labute approximate surface area is 137 Å². The van der Waals surface area contributed by atoms with Gasteiger partial charge in [-0.1, -0.05) is 15.9 Å². The summed E-state index contributed by atoms with van der Waals surface area (Å²) < 4.78 is 0.996. The SMILES string of the molecule is O=C(Nc1ccc(Br)cc1)[C@@H]1CCCN(c2ncccn2)C1. The predicted octanol–water partition coefficient (Wildman–Crippen LogP) is 3.09. The van der Waals surface area contributed by atoms with Crippen molar-refractivity contribution >= 4 is 33.5 Å². The largest absolute Gasteiger partial charge is 0.340 e. The van der Waals surface area contributed by atoms with E-state index in [0.29, 0.717) is 12.5 Å². The number of benzene rings is 1. The van der Waals surface area contributed by atoms with Gasteiger partial charge in [-0.15, -0.1) is 0 Å². The van der Waals surface area contributed by atoms with E-state index in [4.69, 9.17) is 0 Å². The highest BCUT2D eigenvalue weighted by Gasteiger charge is 2.27. The smallest absolute Gasteiger partial charge is 0.229 e. The molecule has 6 heteroatoms. The number of amides is 1. The molecule has 1 saturated heterocycles. The molecule has 22 heavy (non-hydrogen) atoms. The summed E-state index contributed by atoms with van der Waals surface area (Å²) in [6.07, 6.45) is 5.32. The van der Waals surface area contributed by atoms with E-state index in [9.17, 15) is 4.79 Å². The Kier molecular flexibility index (Phi) is 4.68. The van der Waals surface area contributed by atoms with Crippen molar-refractivity contribution in [3.8, 4) is 0 Å². The minimum absolute atomic E-state index is 0.0406. The molecule has 5 nitrogen and oxygen atoms in total. The fourth-order valence-electron chi connectivity index (χ4n) is 2.60. The quantitative estimate of drug-likeness (QED) is 0.913. The second-order valence-electron chi connectivity index (χ2n) is 5.33. The lowest BCUT2D eigenvalue weighted by Gasteiger charge is -2.31. The van der Waals surface area contributed by atoms with Crippen molar-refractivity contribution in [2.45, 2.75) is 12.8 Å². The molecule has 1 N–H and O–H groups in total. The Hall–Kier alpha value is -1.95. The summed E-state index contributed by atoms with van der Waals surface area (Å²) in [6.45, 7) is 1.55. The van der Waals surface area contributed by atoms with Gasteiger partial charge in [-0.25, -0.2) is 9.97 Å². The maximum absolute atomic E-state index is 12.4. The zero-order valence-electron chi connectivity index (χ0n) is 12.1. The van der Waals surface area contributed by atoms with E-state index in [-0.39, 0.29) is 11.8 Å². The first-order valence-electron chi connectivity index (χ1n) is 7.31. The molecular weight excluding hydrogens is 344 g/mol. The molecule has 1 fully saturated rings. The molecule has 0 bridgehead atoms. The Morgan fingerprint density at radius 3 is 2.68 bits per heavy atom. The normalized spacial score (nSPS) is 18.0. The van der Waals surface area contributed by atoms with E-state index in [1.807, 2.05) is 24.3 Å². The minimum Gasteiger partial charge on any atom is -0.340 e. The van der Waals surface area contributed by atoms with E-state index in [2.05, 4.69) is 36.1 Å². The van der Waals surface area contributed by atoms with Gasteiger partial charge in [-0.05, 0) is 43.2 Å². The maximum Gasteiger partial charge on any atom is 0.229 e. The Bertz CT molecular complexity index is 632. The van der Waals surface area contributed by atoms with Crippen LogP contribution in [-0.4, -0.2) is 29.0 Å². The van der Waals surface area contributed by atoms with Gasteiger partial charge in [0.1, 0.15) is 0 Å². The molecule has 114 valence electrons. The minimum atomic E-state index is -0.0406. The summed E-state index contributed by atoms with van der Waals surface area (Å²) in [4.78, 5) is 23.1. The summed E-state index contributed by atoms with van der Waals surface area (Å²) in [7, 11) is 0. The third-order valence-electron chi connectivity index (χ3n) is 3.74. The molecule has 1 atom stereocenters. The van der Waals surface area contributed by atoms with Crippen LogP contribution in [0.5, 0.6) is 0 Å². The number of nitrogens with one attached hydrogen (secondary N) is 1. The fourth-order valence-corrected chi connectivity index (χ4v) is 2.87. The first kappa shape index (κ1) is 15.0. The number of hydrogen-bond acceptors (Lipinski definition) is 4. The number of hydrogen-bond donors (Lipinski definition) is 1. The highest BCUT2D eigenvalue weighted by atomic mass is 79.9. The van der Waals surface area contributed by atoms with Crippen LogP contribution in [0, 0.1) is 5.92 Å².